The molecule has 0 unspecified atom stereocenters. The van der Waals surface area contributed by atoms with Crippen LogP contribution in [0.2, 0.25) is 5.02 Å². The van der Waals surface area contributed by atoms with Crippen LogP contribution in [-0.2, 0) is 0 Å². The Bertz CT molecular complexity index is 674. The Labute approximate surface area is 120 Å². The minimum Gasteiger partial charge on any atom is -0.339 e. The standard InChI is InChI=1S/C14H13ClFN3O/c15-10-3-1-2-6(12(10)16)13-18-14(20-19-13)9-5-11(17)8-4-7(8)9/h1-3,7-9,11H,4-5,17H2/t7-,8+,9-,11+/m0/s1. The van der Waals surface area contributed by atoms with Crippen LogP contribution < -0.4 is 5.73 Å². The Balaban J connectivity index is 1.67. The van der Waals surface area contributed by atoms with Crippen molar-refractivity contribution in [3.8, 4) is 11.4 Å². The van der Waals surface area contributed by atoms with E-state index in [9.17, 15) is 4.39 Å². The number of halogens is 2. The second kappa shape index (κ2) is 4.27. The molecule has 2 aliphatic rings. The zero-order chi connectivity index (χ0) is 13.9. The van der Waals surface area contributed by atoms with Crippen molar-refractivity contribution in [2.24, 2.45) is 17.6 Å². The van der Waals surface area contributed by atoms with Crippen molar-refractivity contribution in [2.45, 2.75) is 24.8 Å². The van der Waals surface area contributed by atoms with Gasteiger partial charge in [0.25, 0.3) is 0 Å². The van der Waals surface area contributed by atoms with E-state index >= 15 is 0 Å². The molecule has 4 atom stereocenters. The topological polar surface area (TPSA) is 64.9 Å². The van der Waals surface area contributed by atoms with Crippen LogP contribution in [0.1, 0.15) is 24.7 Å². The van der Waals surface area contributed by atoms with Crippen LogP contribution in [0.4, 0.5) is 4.39 Å². The van der Waals surface area contributed by atoms with Crippen molar-refractivity contribution >= 4 is 11.6 Å². The number of hydrogen-bond acceptors (Lipinski definition) is 4. The summed E-state index contributed by atoms with van der Waals surface area (Å²) in [5.74, 6) is 1.67. The van der Waals surface area contributed by atoms with Gasteiger partial charge in [0.05, 0.1) is 10.6 Å². The van der Waals surface area contributed by atoms with Gasteiger partial charge in [-0.05, 0) is 36.8 Å². The molecule has 2 aromatic rings. The van der Waals surface area contributed by atoms with Gasteiger partial charge in [-0.25, -0.2) is 4.39 Å². The molecule has 2 saturated carbocycles. The Morgan fingerprint density at radius 3 is 2.85 bits per heavy atom. The highest BCUT2D eigenvalue weighted by Gasteiger charge is 2.55. The highest BCUT2D eigenvalue weighted by molar-refractivity contribution is 6.31. The summed E-state index contributed by atoms with van der Waals surface area (Å²) < 4.78 is 19.3. The van der Waals surface area contributed by atoms with Gasteiger partial charge in [-0.1, -0.05) is 22.8 Å². The lowest BCUT2D eigenvalue weighted by molar-refractivity contribution is 0.341. The Morgan fingerprint density at radius 2 is 2.15 bits per heavy atom. The molecular weight excluding hydrogens is 281 g/mol. The third-order valence-electron chi connectivity index (χ3n) is 4.44. The van der Waals surface area contributed by atoms with E-state index in [0.29, 0.717) is 17.7 Å². The Hall–Kier alpha value is -1.46. The lowest BCUT2D eigenvalue weighted by Crippen LogP contribution is -2.19. The van der Waals surface area contributed by atoms with E-state index in [2.05, 4.69) is 10.1 Å². The van der Waals surface area contributed by atoms with E-state index < -0.39 is 5.82 Å². The molecule has 2 aliphatic carbocycles. The smallest absolute Gasteiger partial charge is 0.230 e. The van der Waals surface area contributed by atoms with Gasteiger partial charge in [0.1, 0.15) is 0 Å². The van der Waals surface area contributed by atoms with E-state index in [1.165, 1.54) is 6.07 Å². The second-order valence-corrected chi connectivity index (χ2v) is 6.03. The summed E-state index contributed by atoms with van der Waals surface area (Å²) in [6.07, 6.45) is 2.00. The van der Waals surface area contributed by atoms with Gasteiger partial charge in [0, 0.05) is 12.0 Å². The molecule has 1 aromatic heterocycles. The summed E-state index contributed by atoms with van der Waals surface area (Å²) in [6.45, 7) is 0. The Kier molecular flexibility index (Phi) is 2.62. The molecule has 0 saturated heterocycles. The van der Waals surface area contributed by atoms with Gasteiger partial charge in [0.15, 0.2) is 5.82 Å². The monoisotopic (exact) mass is 293 g/mol. The first-order valence-corrected chi connectivity index (χ1v) is 7.06. The fourth-order valence-electron chi connectivity index (χ4n) is 3.29. The molecule has 4 rings (SSSR count). The quantitative estimate of drug-likeness (QED) is 0.924. The molecule has 1 aromatic carbocycles. The summed E-state index contributed by atoms with van der Waals surface area (Å²) in [7, 11) is 0. The normalized spacial score (nSPS) is 31.4. The molecule has 104 valence electrons. The van der Waals surface area contributed by atoms with Crippen molar-refractivity contribution in [3.63, 3.8) is 0 Å². The van der Waals surface area contributed by atoms with Crippen molar-refractivity contribution in [3.05, 3.63) is 34.9 Å². The van der Waals surface area contributed by atoms with Crippen LogP contribution in [0.3, 0.4) is 0 Å². The lowest BCUT2D eigenvalue weighted by atomic mass is 10.0. The number of aromatic nitrogens is 2. The molecule has 0 aliphatic heterocycles. The van der Waals surface area contributed by atoms with Gasteiger partial charge >= 0.3 is 0 Å². The molecule has 0 radical (unpaired) electrons. The molecule has 0 spiro atoms. The van der Waals surface area contributed by atoms with Crippen molar-refractivity contribution in [2.75, 3.05) is 0 Å². The number of rotatable bonds is 2. The van der Waals surface area contributed by atoms with Crippen molar-refractivity contribution in [1.82, 2.24) is 10.1 Å². The van der Waals surface area contributed by atoms with Crippen LogP contribution in [0, 0.1) is 17.7 Å². The van der Waals surface area contributed by atoms with Crippen LogP contribution in [0.15, 0.2) is 22.7 Å². The summed E-state index contributed by atoms with van der Waals surface area (Å²) in [6, 6.07) is 4.98. The Morgan fingerprint density at radius 1 is 1.30 bits per heavy atom. The van der Waals surface area contributed by atoms with E-state index in [-0.39, 0.29) is 28.4 Å². The van der Waals surface area contributed by atoms with Crippen molar-refractivity contribution < 1.29 is 8.91 Å². The minimum atomic E-state index is -0.520. The summed E-state index contributed by atoms with van der Waals surface area (Å²) in [4.78, 5) is 4.34. The molecule has 2 fully saturated rings. The first-order valence-electron chi connectivity index (χ1n) is 6.68. The minimum absolute atomic E-state index is 0.0546. The zero-order valence-corrected chi connectivity index (χ0v) is 11.3. The van der Waals surface area contributed by atoms with Crippen LogP contribution >= 0.6 is 11.6 Å². The molecule has 6 heteroatoms. The van der Waals surface area contributed by atoms with Crippen molar-refractivity contribution in [1.29, 1.82) is 0 Å². The number of fused-ring (bicyclic) bond motifs is 1. The first kappa shape index (κ1) is 12.3. The van der Waals surface area contributed by atoms with Gasteiger partial charge in [-0.15, -0.1) is 0 Å². The van der Waals surface area contributed by atoms with Gasteiger partial charge < -0.3 is 10.3 Å². The maximum Gasteiger partial charge on any atom is 0.230 e. The maximum atomic E-state index is 13.9. The fourth-order valence-corrected chi connectivity index (χ4v) is 3.46. The molecule has 20 heavy (non-hydrogen) atoms. The fraction of sp³-hybridized carbons (Fsp3) is 0.429. The van der Waals surface area contributed by atoms with Gasteiger partial charge in [-0.3, -0.25) is 0 Å². The number of benzene rings is 1. The molecule has 0 amide bonds. The zero-order valence-electron chi connectivity index (χ0n) is 10.6. The molecule has 2 N–H and O–H groups in total. The maximum absolute atomic E-state index is 13.9. The van der Waals surface area contributed by atoms with Crippen LogP contribution in [-0.4, -0.2) is 16.2 Å². The average Bonchev–Trinajstić information content (AvgIpc) is 2.96. The average molecular weight is 294 g/mol. The summed E-state index contributed by atoms with van der Waals surface area (Å²) in [5.41, 5.74) is 6.31. The predicted octanol–water partition coefficient (Wildman–Crippen LogP) is 2.98. The van der Waals surface area contributed by atoms with Gasteiger partial charge in [0.2, 0.25) is 11.7 Å². The van der Waals surface area contributed by atoms with E-state index in [4.69, 9.17) is 21.9 Å². The highest BCUT2D eigenvalue weighted by Crippen LogP contribution is 2.58. The van der Waals surface area contributed by atoms with Crippen LogP contribution in [0.25, 0.3) is 11.4 Å². The largest absolute Gasteiger partial charge is 0.339 e. The lowest BCUT2D eigenvalue weighted by Gasteiger charge is -2.07. The van der Waals surface area contributed by atoms with E-state index in [1.807, 2.05) is 0 Å². The SMILES string of the molecule is N[C@@H]1C[C@H](c2nc(-c3cccc(Cl)c3F)no2)[C@H]2C[C@H]21. The number of nitrogens with two attached hydrogens (primary N) is 1. The predicted molar refractivity (Wildman–Crippen MR) is 71.6 cm³/mol. The number of nitrogens with zero attached hydrogens (tertiary/aromatic N) is 2. The molecule has 4 nitrogen and oxygen atoms in total. The molecule has 0 bridgehead atoms. The van der Waals surface area contributed by atoms with E-state index in [1.54, 1.807) is 12.1 Å². The van der Waals surface area contributed by atoms with Crippen LogP contribution in [0.5, 0.6) is 0 Å². The highest BCUT2D eigenvalue weighted by atomic mass is 35.5. The summed E-state index contributed by atoms with van der Waals surface area (Å²) in [5, 5.41) is 3.94. The molecule has 1 heterocycles. The number of hydrogen-bond donors (Lipinski definition) is 1. The molecular formula is C14H13ClFN3O. The summed E-state index contributed by atoms with van der Waals surface area (Å²) >= 11 is 5.77. The third kappa shape index (κ3) is 1.77. The van der Waals surface area contributed by atoms with Gasteiger partial charge in [-0.2, -0.15) is 4.98 Å². The van der Waals surface area contributed by atoms with E-state index in [0.717, 1.165) is 12.8 Å². The first-order chi connectivity index (χ1) is 9.65. The third-order valence-corrected chi connectivity index (χ3v) is 4.73. The second-order valence-electron chi connectivity index (χ2n) is 5.63.